The Balaban J connectivity index is 1.87. The molecule has 2 bridgehead atoms. The maximum Gasteiger partial charge on any atom is 0.00728 e. The first kappa shape index (κ1) is 7.56. The Labute approximate surface area is 68.5 Å². The van der Waals surface area contributed by atoms with E-state index >= 15 is 0 Å². The van der Waals surface area contributed by atoms with Gasteiger partial charge in [-0.25, -0.2) is 0 Å². The second-order valence-corrected chi connectivity index (χ2v) is 4.05. The molecule has 2 atom stereocenters. The number of hydrogen-bond donors (Lipinski definition) is 2. The molecule has 64 valence electrons. The third kappa shape index (κ3) is 1.57. The Morgan fingerprint density at radius 3 is 2.36 bits per heavy atom. The van der Waals surface area contributed by atoms with Crippen LogP contribution in [0.3, 0.4) is 0 Å². The molecule has 2 saturated heterocycles. The van der Waals surface area contributed by atoms with E-state index in [0.29, 0.717) is 0 Å². The van der Waals surface area contributed by atoms with Crippen LogP contribution in [0.15, 0.2) is 0 Å². The summed E-state index contributed by atoms with van der Waals surface area (Å²) in [7, 11) is 0. The van der Waals surface area contributed by atoms with Crippen LogP contribution in [0, 0.1) is 5.92 Å². The maximum atomic E-state index is 5.55. The summed E-state index contributed by atoms with van der Waals surface area (Å²) in [5.74, 6) is 0.929. The van der Waals surface area contributed by atoms with Crippen LogP contribution < -0.4 is 11.1 Å². The molecule has 0 spiro atoms. The molecule has 0 aliphatic carbocycles. The fourth-order valence-corrected chi connectivity index (χ4v) is 2.65. The second-order valence-electron chi connectivity index (χ2n) is 4.05. The Morgan fingerprint density at radius 2 is 1.82 bits per heavy atom. The summed E-state index contributed by atoms with van der Waals surface area (Å²) < 4.78 is 0. The normalized spacial score (nSPS) is 42.8. The molecule has 0 saturated carbocycles. The summed E-state index contributed by atoms with van der Waals surface area (Å²) in [6.07, 6.45) is 6.83. The first-order valence-corrected chi connectivity index (χ1v) is 4.84. The lowest BCUT2D eigenvalue weighted by atomic mass is 9.90. The molecule has 0 radical (unpaired) electrons. The zero-order valence-corrected chi connectivity index (χ0v) is 7.05. The third-order valence-corrected chi connectivity index (χ3v) is 3.15. The van der Waals surface area contributed by atoms with Crippen LogP contribution in [0.1, 0.15) is 32.1 Å². The molecule has 3 N–H and O–H groups in total. The molecule has 2 heteroatoms. The topological polar surface area (TPSA) is 38.0 Å². The summed E-state index contributed by atoms with van der Waals surface area (Å²) in [5.41, 5.74) is 5.55. The van der Waals surface area contributed by atoms with E-state index in [4.69, 9.17) is 5.73 Å². The van der Waals surface area contributed by atoms with Crippen molar-refractivity contribution in [2.24, 2.45) is 11.7 Å². The third-order valence-electron chi connectivity index (χ3n) is 3.15. The Morgan fingerprint density at radius 1 is 1.18 bits per heavy atom. The fraction of sp³-hybridized carbons (Fsp3) is 1.00. The Kier molecular flexibility index (Phi) is 2.14. The summed E-state index contributed by atoms with van der Waals surface area (Å²) in [4.78, 5) is 0. The quantitative estimate of drug-likeness (QED) is 0.619. The van der Waals surface area contributed by atoms with Gasteiger partial charge in [-0.3, -0.25) is 0 Å². The van der Waals surface area contributed by atoms with E-state index in [9.17, 15) is 0 Å². The first-order valence-electron chi connectivity index (χ1n) is 4.84. The Bertz CT molecular complexity index is 124. The molecule has 0 amide bonds. The van der Waals surface area contributed by atoms with Crippen molar-refractivity contribution in [3.05, 3.63) is 0 Å². The molecule has 2 nitrogen and oxygen atoms in total. The zero-order chi connectivity index (χ0) is 7.68. The van der Waals surface area contributed by atoms with Gasteiger partial charge in [0, 0.05) is 12.1 Å². The highest BCUT2D eigenvalue weighted by atomic mass is 15.0. The van der Waals surface area contributed by atoms with E-state index in [1.165, 1.54) is 32.1 Å². The average Bonchev–Trinajstić information content (AvgIpc) is 2.32. The van der Waals surface area contributed by atoms with Gasteiger partial charge in [0.25, 0.3) is 0 Å². The predicted molar refractivity (Wildman–Crippen MR) is 46.3 cm³/mol. The van der Waals surface area contributed by atoms with E-state index in [1.54, 1.807) is 0 Å². The van der Waals surface area contributed by atoms with Crippen LogP contribution in [0.25, 0.3) is 0 Å². The van der Waals surface area contributed by atoms with Gasteiger partial charge in [-0.2, -0.15) is 0 Å². The molecular formula is C9H18N2. The molecule has 0 aromatic rings. The highest BCUT2D eigenvalue weighted by Gasteiger charge is 2.32. The summed E-state index contributed by atoms with van der Waals surface area (Å²) in [5, 5.41) is 3.64. The highest BCUT2D eigenvalue weighted by Crippen LogP contribution is 2.32. The number of rotatable bonds is 2. The molecule has 2 fully saturated rings. The molecule has 0 aromatic heterocycles. The molecule has 0 aromatic carbocycles. The summed E-state index contributed by atoms with van der Waals surface area (Å²) in [6.45, 7) is 0.879. The van der Waals surface area contributed by atoms with Crippen molar-refractivity contribution in [3.8, 4) is 0 Å². The van der Waals surface area contributed by atoms with Crippen molar-refractivity contribution in [1.82, 2.24) is 5.32 Å². The van der Waals surface area contributed by atoms with Crippen molar-refractivity contribution in [3.63, 3.8) is 0 Å². The van der Waals surface area contributed by atoms with Gasteiger partial charge >= 0.3 is 0 Å². The standard InChI is InChI=1S/C9H18N2/c10-4-3-7-5-8-1-2-9(6-7)11-8/h7-9,11H,1-6,10H2. The number of piperidine rings is 1. The van der Waals surface area contributed by atoms with Gasteiger partial charge in [0.15, 0.2) is 0 Å². The maximum absolute atomic E-state index is 5.55. The van der Waals surface area contributed by atoms with Gasteiger partial charge in [-0.05, 0) is 44.6 Å². The smallest absolute Gasteiger partial charge is 0.00728 e. The summed E-state index contributed by atoms with van der Waals surface area (Å²) in [6, 6.07) is 1.68. The predicted octanol–water partition coefficient (Wildman–Crippen LogP) is 0.866. The number of nitrogens with one attached hydrogen (secondary N) is 1. The monoisotopic (exact) mass is 154 g/mol. The van der Waals surface area contributed by atoms with Crippen molar-refractivity contribution in [1.29, 1.82) is 0 Å². The van der Waals surface area contributed by atoms with Crippen LogP contribution in [0.4, 0.5) is 0 Å². The van der Waals surface area contributed by atoms with Crippen molar-refractivity contribution < 1.29 is 0 Å². The number of fused-ring (bicyclic) bond motifs is 2. The van der Waals surface area contributed by atoms with Crippen LogP contribution in [0.5, 0.6) is 0 Å². The molecule has 2 aliphatic heterocycles. The minimum Gasteiger partial charge on any atom is -0.330 e. The van der Waals surface area contributed by atoms with Gasteiger partial charge in [0.1, 0.15) is 0 Å². The van der Waals surface area contributed by atoms with E-state index < -0.39 is 0 Å². The van der Waals surface area contributed by atoms with E-state index in [2.05, 4.69) is 5.32 Å². The first-order chi connectivity index (χ1) is 5.38. The fourth-order valence-electron chi connectivity index (χ4n) is 2.65. The molecule has 2 heterocycles. The van der Waals surface area contributed by atoms with Gasteiger partial charge in [-0.1, -0.05) is 0 Å². The number of nitrogens with two attached hydrogens (primary N) is 1. The molecule has 2 aliphatic rings. The van der Waals surface area contributed by atoms with Gasteiger partial charge in [-0.15, -0.1) is 0 Å². The van der Waals surface area contributed by atoms with Crippen LogP contribution in [-0.2, 0) is 0 Å². The van der Waals surface area contributed by atoms with Crippen LogP contribution in [0.2, 0.25) is 0 Å². The minimum absolute atomic E-state index is 0.838. The SMILES string of the molecule is NCCC1CC2CCC(C1)N2. The van der Waals surface area contributed by atoms with Crippen LogP contribution in [-0.4, -0.2) is 18.6 Å². The lowest BCUT2D eigenvalue weighted by Gasteiger charge is -2.28. The van der Waals surface area contributed by atoms with Gasteiger partial charge < -0.3 is 11.1 Å². The number of hydrogen-bond acceptors (Lipinski definition) is 2. The van der Waals surface area contributed by atoms with Crippen molar-refractivity contribution >= 4 is 0 Å². The lowest BCUT2D eigenvalue weighted by Crippen LogP contribution is -2.38. The summed E-state index contributed by atoms with van der Waals surface area (Å²) >= 11 is 0. The average molecular weight is 154 g/mol. The Hall–Kier alpha value is -0.0800. The molecular weight excluding hydrogens is 136 g/mol. The van der Waals surface area contributed by atoms with E-state index in [-0.39, 0.29) is 0 Å². The zero-order valence-electron chi connectivity index (χ0n) is 7.05. The van der Waals surface area contributed by atoms with Gasteiger partial charge in [0.05, 0.1) is 0 Å². The molecule has 11 heavy (non-hydrogen) atoms. The van der Waals surface area contributed by atoms with Crippen LogP contribution >= 0.6 is 0 Å². The molecule has 2 rings (SSSR count). The van der Waals surface area contributed by atoms with E-state index in [0.717, 1.165) is 24.5 Å². The lowest BCUT2D eigenvalue weighted by molar-refractivity contribution is 0.289. The van der Waals surface area contributed by atoms with E-state index in [1.807, 2.05) is 0 Å². The molecule has 2 unspecified atom stereocenters. The van der Waals surface area contributed by atoms with Crippen molar-refractivity contribution in [2.45, 2.75) is 44.2 Å². The van der Waals surface area contributed by atoms with Crippen molar-refractivity contribution in [2.75, 3.05) is 6.54 Å². The van der Waals surface area contributed by atoms with Gasteiger partial charge in [0.2, 0.25) is 0 Å². The minimum atomic E-state index is 0.838. The highest BCUT2D eigenvalue weighted by molar-refractivity contribution is 4.91. The second kappa shape index (κ2) is 3.11. The largest absolute Gasteiger partial charge is 0.330 e.